The molecular weight excluding hydrogens is 345 g/mol. The maximum Gasteiger partial charge on any atom is 0.430 e. The maximum absolute atomic E-state index is 14.6. The van der Waals surface area contributed by atoms with Crippen LogP contribution in [0.3, 0.4) is 0 Å². The average molecular weight is 372 g/mol. The highest BCUT2D eigenvalue weighted by atomic mass is 19.3. The van der Waals surface area contributed by atoms with Crippen molar-refractivity contribution in [2.24, 2.45) is 0 Å². The van der Waals surface area contributed by atoms with E-state index >= 15 is 0 Å². The summed E-state index contributed by atoms with van der Waals surface area (Å²) in [6.07, 6.45) is 3.42. The summed E-state index contributed by atoms with van der Waals surface area (Å²) in [5.74, 6) is -1.04. The van der Waals surface area contributed by atoms with E-state index in [9.17, 15) is 13.2 Å². The number of halogens is 3. The molecule has 0 saturated heterocycles. The Kier molecular flexibility index (Phi) is 7.82. The molecule has 0 N–H and O–H groups in total. The Balaban J connectivity index is 2.08. The summed E-state index contributed by atoms with van der Waals surface area (Å²) >= 11 is 0. The molecule has 0 aliphatic carbocycles. The van der Waals surface area contributed by atoms with Crippen molar-refractivity contribution in [3.05, 3.63) is 34.8 Å². The number of alkyl halides is 2. The molecular formula is C20H27F3O3. The van der Waals surface area contributed by atoms with Gasteiger partial charge in [0.05, 0.1) is 6.61 Å². The number of methoxy groups -OCH3 is 1. The molecule has 3 nitrogen and oxygen atoms in total. The lowest BCUT2D eigenvalue weighted by atomic mass is 10.0. The fraction of sp³-hybridized carbons (Fsp3) is 0.600. The molecule has 2 rings (SSSR count). The fourth-order valence-corrected chi connectivity index (χ4v) is 2.90. The van der Waals surface area contributed by atoms with E-state index in [0.717, 1.165) is 32.1 Å². The van der Waals surface area contributed by atoms with Gasteiger partial charge in [-0.1, -0.05) is 32.3 Å². The van der Waals surface area contributed by atoms with Gasteiger partial charge in [-0.2, -0.15) is 8.78 Å². The number of benzene rings is 1. The van der Waals surface area contributed by atoms with Crippen molar-refractivity contribution in [1.82, 2.24) is 0 Å². The molecule has 0 atom stereocenters. The first-order valence-corrected chi connectivity index (χ1v) is 9.21. The summed E-state index contributed by atoms with van der Waals surface area (Å²) in [6.45, 7) is 2.96. The van der Waals surface area contributed by atoms with Crippen LogP contribution in [0.2, 0.25) is 0 Å². The molecule has 1 heterocycles. The monoisotopic (exact) mass is 372 g/mol. The van der Waals surface area contributed by atoms with E-state index in [-0.39, 0.29) is 17.1 Å². The second-order valence-electron chi connectivity index (χ2n) is 6.43. The highest BCUT2D eigenvalue weighted by Crippen LogP contribution is 2.43. The number of allylic oxidation sites excluding steroid dienone is 1. The number of hydrogen-bond acceptors (Lipinski definition) is 3. The van der Waals surface area contributed by atoms with Crippen molar-refractivity contribution in [1.29, 1.82) is 0 Å². The topological polar surface area (TPSA) is 27.7 Å². The van der Waals surface area contributed by atoms with Crippen LogP contribution in [-0.4, -0.2) is 20.3 Å². The minimum Gasteiger partial charge on any atom is -0.491 e. The third kappa shape index (κ3) is 5.40. The summed E-state index contributed by atoms with van der Waals surface area (Å²) < 4.78 is 58.4. The van der Waals surface area contributed by atoms with Gasteiger partial charge in [0.1, 0.15) is 11.3 Å². The standard InChI is InChI=1S/C20H27F3O3/c1-3-4-5-7-13-25-17-11-10-15-14-16(9-6-8-12-24-2)26-20(22,23)18(15)19(17)21/h10-11,14H,3-9,12-13H2,1-2H3. The van der Waals surface area contributed by atoms with Crippen molar-refractivity contribution in [2.45, 2.75) is 58.0 Å². The average Bonchev–Trinajstić information content (AvgIpc) is 2.59. The Bertz CT molecular complexity index is 615. The smallest absolute Gasteiger partial charge is 0.430 e. The van der Waals surface area contributed by atoms with Gasteiger partial charge >= 0.3 is 6.11 Å². The molecule has 0 bridgehead atoms. The molecule has 26 heavy (non-hydrogen) atoms. The number of ether oxygens (including phenoxy) is 3. The summed E-state index contributed by atoms with van der Waals surface area (Å²) in [4.78, 5) is 0. The van der Waals surface area contributed by atoms with Gasteiger partial charge in [-0.05, 0) is 37.0 Å². The van der Waals surface area contributed by atoms with Gasteiger partial charge in [0, 0.05) is 20.1 Å². The summed E-state index contributed by atoms with van der Waals surface area (Å²) in [7, 11) is 1.59. The lowest BCUT2D eigenvalue weighted by Crippen LogP contribution is -2.24. The van der Waals surface area contributed by atoms with Gasteiger partial charge in [-0.15, -0.1) is 0 Å². The van der Waals surface area contributed by atoms with Crippen molar-refractivity contribution < 1.29 is 27.4 Å². The first kappa shape index (κ1) is 20.6. The van der Waals surface area contributed by atoms with E-state index in [1.807, 2.05) is 0 Å². The molecule has 1 aliphatic rings. The van der Waals surface area contributed by atoms with E-state index in [1.165, 1.54) is 18.2 Å². The molecule has 0 unspecified atom stereocenters. The SMILES string of the molecule is CCCCCCOc1ccc2c(c1F)C(F)(F)OC(CCCCOC)=C2. The van der Waals surface area contributed by atoms with E-state index < -0.39 is 17.5 Å². The quantitative estimate of drug-likeness (QED) is 0.444. The Labute approximate surface area is 153 Å². The van der Waals surface area contributed by atoms with Gasteiger partial charge in [-0.25, -0.2) is 4.39 Å². The first-order chi connectivity index (χ1) is 12.5. The zero-order valence-electron chi connectivity index (χ0n) is 15.5. The van der Waals surface area contributed by atoms with Crippen molar-refractivity contribution in [3.8, 4) is 5.75 Å². The molecule has 0 saturated carbocycles. The lowest BCUT2D eigenvalue weighted by Gasteiger charge is -2.27. The largest absolute Gasteiger partial charge is 0.491 e. The van der Waals surface area contributed by atoms with Crippen molar-refractivity contribution in [2.75, 3.05) is 20.3 Å². The van der Waals surface area contributed by atoms with Crippen LogP contribution in [0.1, 0.15) is 63.0 Å². The van der Waals surface area contributed by atoms with Crippen LogP contribution >= 0.6 is 0 Å². The lowest BCUT2D eigenvalue weighted by molar-refractivity contribution is -0.228. The van der Waals surface area contributed by atoms with Crippen molar-refractivity contribution >= 4 is 6.08 Å². The molecule has 0 spiro atoms. The Morgan fingerprint density at radius 3 is 2.54 bits per heavy atom. The van der Waals surface area contributed by atoms with Crippen molar-refractivity contribution in [3.63, 3.8) is 0 Å². The van der Waals surface area contributed by atoms with Crippen LogP contribution in [0.15, 0.2) is 17.9 Å². The van der Waals surface area contributed by atoms with E-state index in [1.54, 1.807) is 7.11 Å². The van der Waals surface area contributed by atoms with Crippen LogP contribution in [0.5, 0.6) is 5.75 Å². The molecule has 1 aromatic rings. The normalized spacial score (nSPS) is 15.2. The number of fused-ring (bicyclic) bond motifs is 1. The second-order valence-corrected chi connectivity index (χ2v) is 6.43. The van der Waals surface area contributed by atoms with Gasteiger partial charge < -0.3 is 14.2 Å². The van der Waals surface area contributed by atoms with Crippen LogP contribution in [-0.2, 0) is 15.6 Å². The molecule has 0 fully saturated rings. The highest BCUT2D eigenvalue weighted by molar-refractivity contribution is 5.60. The zero-order chi connectivity index (χ0) is 19.0. The Morgan fingerprint density at radius 1 is 1.04 bits per heavy atom. The van der Waals surface area contributed by atoms with Crippen LogP contribution in [0.4, 0.5) is 13.2 Å². The van der Waals surface area contributed by atoms with Crippen LogP contribution in [0.25, 0.3) is 6.08 Å². The van der Waals surface area contributed by atoms with Crippen LogP contribution < -0.4 is 4.74 Å². The van der Waals surface area contributed by atoms with Gasteiger partial charge in [0.25, 0.3) is 0 Å². The molecule has 1 aliphatic heterocycles. The zero-order valence-corrected chi connectivity index (χ0v) is 15.5. The van der Waals surface area contributed by atoms with Crippen LogP contribution in [0, 0.1) is 5.82 Å². The second kappa shape index (κ2) is 9.86. The van der Waals surface area contributed by atoms with E-state index in [2.05, 4.69) is 6.92 Å². The number of unbranched alkanes of at least 4 members (excludes halogenated alkanes) is 4. The third-order valence-electron chi connectivity index (χ3n) is 4.28. The van der Waals surface area contributed by atoms with E-state index in [4.69, 9.17) is 14.2 Å². The molecule has 0 aromatic heterocycles. The molecule has 0 radical (unpaired) electrons. The van der Waals surface area contributed by atoms with Gasteiger partial charge in [0.2, 0.25) is 0 Å². The highest BCUT2D eigenvalue weighted by Gasteiger charge is 2.43. The maximum atomic E-state index is 14.6. The molecule has 0 amide bonds. The number of hydrogen-bond donors (Lipinski definition) is 0. The summed E-state index contributed by atoms with van der Waals surface area (Å²) in [5, 5.41) is 0. The van der Waals surface area contributed by atoms with Gasteiger partial charge in [-0.3, -0.25) is 0 Å². The summed E-state index contributed by atoms with van der Waals surface area (Å²) in [6, 6.07) is 2.87. The minimum atomic E-state index is -3.70. The predicted octanol–water partition coefficient (Wildman–Crippen LogP) is 6.02. The fourth-order valence-electron chi connectivity index (χ4n) is 2.90. The molecule has 1 aromatic carbocycles. The predicted molar refractivity (Wildman–Crippen MR) is 94.7 cm³/mol. The minimum absolute atomic E-state index is 0.138. The van der Waals surface area contributed by atoms with Gasteiger partial charge in [0.15, 0.2) is 11.6 Å². The third-order valence-corrected chi connectivity index (χ3v) is 4.28. The first-order valence-electron chi connectivity index (χ1n) is 9.21. The summed E-state index contributed by atoms with van der Waals surface area (Å²) in [5.41, 5.74) is -0.608. The molecule has 6 heteroatoms. The Hall–Kier alpha value is -1.69. The Morgan fingerprint density at radius 2 is 1.81 bits per heavy atom. The molecule has 146 valence electrons. The number of rotatable bonds is 11. The van der Waals surface area contributed by atoms with E-state index in [0.29, 0.717) is 26.1 Å².